The van der Waals surface area contributed by atoms with Crippen LogP contribution in [0.3, 0.4) is 0 Å². The number of nitrogens with two attached hydrogens (primary N) is 3. The zero-order valence-corrected chi connectivity index (χ0v) is 13.4. The first kappa shape index (κ1) is 18.0. The Balaban J connectivity index is 2.03. The van der Waals surface area contributed by atoms with E-state index < -0.39 is 18.5 Å². The van der Waals surface area contributed by atoms with E-state index in [1.54, 1.807) is 14.2 Å². The highest BCUT2D eigenvalue weighted by atomic mass is 16.7. The predicted octanol–water partition coefficient (Wildman–Crippen LogP) is -2.14. The van der Waals surface area contributed by atoms with Crippen LogP contribution in [0, 0.1) is 0 Å². The molecule has 1 saturated carbocycles. The highest BCUT2D eigenvalue weighted by Crippen LogP contribution is 2.27. The molecule has 0 spiro atoms. The molecule has 2 rings (SSSR count). The van der Waals surface area contributed by atoms with E-state index in [1.165, 1.54) is 0 Å². The quantitative estimate of drug-likeness (QED) is 0.387. The Morgan fingerprint density at radius 2 is 2.00 bits per heavy atom. The van der Waals surface area contributed by atoms with Crippen LogP contribution in [0.15, 0.2) is 0 Å². The minimum Gasteiger partial charge on any atom is -0.389 e. The van der Waals surface area contributed by atoms with Crippen molar-refractivity contribution in [1.29, 1.82) is 0 Å². The molecule has 22 heavy (non-hydrogen) atoms. The Morgan fingerprint density at radius 1 is 1.27 bits per heavy atom. The molecule has 8 nitrogen and oxygen atoms in total. The van der Waals surface area contributed by atoms with Crippen molar-refractivity contribution in [2.24, 2.45) is 17.2 Å². The number of ether oxygens (including phenoxy) is 3. The molecule has 130 valence electrons. The molecule has 1 saturated heterocycles. The largest absolute Gasteiger partial charge is 0.389 e. The second-order valence-corrected chi connectivity index (χ2v) is 6.18. The Bertz CT molecular complexity index is 349. The van der Waals surface area contributed by atoms with Crippen LogP contribution < -0.4 is 22.5 Å². The Hall–Kier alpha value is -0.320. The highest BCUT2D eigenvalue weighted by Gasteiger charge is 2.45. The number of hydrogen-bond donors (Lipinski definition) is 5. The molecular weight excluding hydrogens is 288 g/mol. The van der Waals surface area contributed by atoms with E-state index in [0.29, 0.717) is 13.0 Å². The molecule has 1 aliphatic carbocycles. The molecule has 1 heterocycles. The second kappa shape index (κ2) is 7.98. The fourth-order valence-electron chi connectivity index (χ4n) is 3.34. The summed E-state index contributed by atoms with van der Waals surface area (Å²) < 4.78 is 17.1. The van der Waals surface area contributed by atoms with Crippen molar-refractivity contribution in [1.82, 2.24) is 5.32 Å². The molecule has 1 aliphatic heterocycles. The lowest BCUT2D eigenvalue weighted by Crippen LogP contribution is -2.65. The van der Waals surface area contributed by atoms with Gasteiger partial charge in [0.05, 0.1) is 30.4 Å². The van der Waals surface area contributed by atoms with E-state index in [9.17, 15) is 5.11 Å². The number of methoxy groups -OCH3 is 1. The third kappa shape index (κ3) is 3.77. The average molecular weight is 318 g/mol. The van der Waals surface area contributed by atoms with Gasteiger partial charge in [-0.3, -0.25) is 0 Å². The highest BCUT2D eigenvalue weighted by molar-refractivity contribution is 5.00. The standard InChI is InChI=1S/C14H30N4O4/c1-18-11-10(20-2)5-9(17)13(12(11)19)22-14-8(16)4-3-7(6-15)21-14/h7-14,18-19H,3-6,15-17H2,1-2H3/t7-,8+,9+,10-,11+,12-,13-,14-/m0/s1. The van der Waals surface area contributed by atoms with Crippen LogP contribution in [0.25, 0.3) is 0 Å². The maximum Gasteiger partial charge on any atom is 0.173 e. The first-order valence-corrected chi connectivity index (χ1v) is 7.92. The minimum atomic E-state index is -0.798. The molecule has 8 N–H and O–H groups in total. The third-order valence-electron chi connectivity index (χ3n) is 4.72. The number of rotatable bonds is 5. The maximum atomic E-state index is 10.6. The molecule has 0 aromatic carbocycles. The molecule has 0 aromatic heterocycles. The molecule has 2 aliphatic rings. The fourth-order valence-corrected chi connectivity index (χ4v) is 3.34. The van der Waals surface area contributed by atoms with Crippen molar-refractivity contribution in [2.75, 3.05) is 20.7 Å². The van der Waals surface area contributed by atoms with E-state index in [2.05, 4.69) is 5.32 Å². The fraction of sp³-hybridized carbons (Fsp3) is 1.00. The van der Waals surface area contributed by atoms with Gasteiger partial charge in [0.1, 0.15) is 6.10 Å². The summed E-state index contributed by atoms with van der Waals surface area (Å²) in [6, 6.07) is -0.839. The number of aliphatic hydroxyl groups excluding tert-OH is 1. The lowest BCUT2D eigenvalue weighted by molar-refractivity contribution is -0.249. The first-order valence-electron chi connectivity index (χ1n) is 7.92. The van der Waals surface area contributed by atoms with Crippen LogP contribution in [0.1, 0.15) is 19.3 Å². The normalized spacial score (nSPS) is 46.6. The van der Waals surface area contributed by atoms with Crippen molar-refractivity contribution in [3.63, 3.8) is 0 Å². The minimum absolute atomic E-state index is 0.0615. The lowest BCUT2D eigenvalue weighted by Gasteiger charge is -2.45. The Labute approximate surface area is 131 Å². The number of aliphatic hydroxyl groups is 1. The number of nitrogens with one attached hydrogen (secondary N) is 1. The van der Waals surface area contributed by atoms with Gasteiger partial charge in [-0.05, 0) is 26.3 Å². The van der Waals surface area contributed by atoms with Crippen molar-refractivity contribution >= 4 is 0 Å². The van der Waals surface area contributed by atoms with Gasteiger partial charge in [0.15, 0.2) is 6.29 Å². The summed E-state index contributed by atoms with van der Waals surface area (Å²) >= 11 is 0. The third-order valence-corrected chi connectivity index (χ3v) is 4.72. The topological polar surface area (TPSA) is 138 Å². The monoisotopic (exact) mass is 318 g/mol. The molecule has 2 fully saturated rings. The van der Waals surface area contributed by atoms with Gasteiger partial charge in [-0.2, -0.15) is 0 Å². The summed E-state index contributed by atoms with van der Waals surface area (Å²) in [7, 11) is 3.39. The van der Waals surface area contributed by atoms with Crippen molar-refractivity contribution in [2.45, 2.75) is 68.1 Å². The smallest absolute Gasteiger partial charge is 0.173 e. The number of likely N-dealkylation sites (N-methyl/N-ethyl adjacent to an activating group) is 1. The van der Waals surface area contributed by atoms with Crippen molar-refractivity contribution < 1.29 is 19.3 Å². The van der Waals surface area contributed by atoms with Gasteiger partial charge in [-0.25, -0.2) is 0 Å². The summed E-state index contributed by atoms with van der Waals surface area (Å²) in [4.78, 5) is 0. The molecule has 0 bridgehead atoms. The van der Waals surface area contributed by atoms with Crippen LogP contribution in [0.2, 0.25) is 0 Å². The van der Waals surface area contributed by atoms with Crippen LogP contribution in [0.4, 0.5) is 0 Å². The van der Waals surface area contributed by atoms with E-state index >= 15 is 0 Å². The summed E-state index contributed by atoms with van der Waals surface area (Å²) in [6.07, 6.45) is 0.0176. The van der Waals surface area contributed by atoms with Crippen LogP contribution in [-0.4, -0.2) is 74.6 Å². The summed E-state index contributed by atoms with van der Waals surface area (Å²) in [5, 5.41) is 13.6. The van der Waals surface area contributed by atoms with Gasteiger partial charge in [-0.1, -0.05) is 0 Å². The van der Waals surface area contributed by atoms with E-state index in [1.807, 2.05) is 0 Å². The van der Waals surface area contributed by atoms with Gasteiger partial charge in [0, 0.05) is 19.7 Å². The molecule has 0 amide bonds. The zero-order valence-electron chi connectivity index (χ0n) is 13.4. The van der Waals surface area contributed by atoms with E-state index in [4.69, 9.17) is 31.4 Å². The van der Waals surface area contributed by atoms with Crippen molar-refractivity contribution in [3.05, 3.63) is 0 Å². The van der Waals surface area contributed by atoms with Gasteiger partial charge in [0.2, 0.25) is 0 Å². The van der Waals surface area contributed by atoms with E-state index in [0.717, 1.165) is 12.8 Å². The predicted molar refractivity (Wildman–Crippen MR) is 82.0 cm³/mol. The van der Waals surface area contributed by atoms with Crippen LogP contribution in [-0.2, 0) is 14.2 Å². The molecule has 8 atom stereocenters. The number of hydrogen-bond acceptors (Lipinski definition) is 8. The molecule has 0 radical (unpaired) electrons. The summed E-state index contributed by atoms with van der Waals surface area (Å²) in [5.74, 6) is 0. The molecular formula is C14H30N4O4. The van der Waals surface area contributed by atoms with Gasteiger partial charge < -0.3 is 41.8 Å². The Kier molecular flexibility index (Phi) is 6.54. The average Bonchev–Trinajstić information content (AvgIpc) is 2.52. The first-order chi connectivity index (χ1) is 10.5. The maximum absolute atomic E-state index is 10.6. The molecule has 8 heteroatoms. The lowest BCUT2D eigenvalue weighted by atomic mass is 9.84. The van der Waals surface area contributed by atoms with Gasteiger partial charge in [-0.15, -0.1) is 0 Å². The van der Waals surface area contributed by atoms with Crippen LogP contribution in [0.5, 0.6) is 0 Å². The Morgan fingerprint density at radius 3 is 2.59 bits per heavy atom. The van der Waals surface area contributed by atoms with Gasteiger partial charge in [0.25, 0.3) is 0 Å². The zero-order chi connectivity index (χ0) is 16.3. The van der Waals surface area contributed by atoms with Gasteiger partial charge >= 0.3 is 0 Å². The van der Waals surface area contributed by atoms with Crippen LogP contribution >= 0.6 is 0 Å². The van der Waals surface area contributed by atoms with E-state index in [-0.39, 0.29) is 30.3 Å². The molecule has 0 unspecified atom stereocenters. The second-order valence-electron chi connectivity index (χ2n) is 6.18. The molecule has 0 aromatic rings. The van der Waals surface area contributed by atoms with Crippen molar-refractivity contribution in [3.8, 4) is 0 Å². The summed E-state index contributed by atoms with van der Waals surface area (Å²) in [5.41, 5.74) is 17.9. The SMILES string of the molecule is CN[C@H]1[C@H](O)[C@@H](O[C@@H]2O[C@H](CN)CC[C@H]2N)[C@H](N)C[C@@H]1OC. The summed E-state index contributed by atoms with van der Waals surface area (Å²) in [6.45, 7) is 0.427.